The van der Waals surface area contributed by atoms with E-state index in [0.717, 1.165) is 30.1 Å². The molecule has 0 spiro atoms. The standard InChI is InChI=1S/C19H28N2O2/c1-3-4-5-15-6-8-16(9-7-15)19(23)21-18-12-10-17(11-13-18)20-14(2)22/h10-13,15-16H,3-9H2,1-2H3,(H,20,22)(H,21,23). The summed E-state index contributed by atoms with van der Waals surface area (Å²) in [6.07, 6.45) is 8.25. The topological polar surface area (TPSA) is 58.2 Å². The molecule has 0 saturated heterocycles. The van der Waals surface area contributed by atoms with Gasteiger partial charge < -0.3 is 10.6 Å². The Bertz CT molecular complexity index is 517. The Kier molecular flexibility index (Phi) is 6.63. The summed E-state index contributed by atoms with van der Waals surface area (Å²) in [5, 5.41) is 5.72. The van der Waals surface area contributed by atoms with Gasteiger partial charge in [0.05, 0.1) is 0 Å². The maximum absolute atomic E-state index is 12.4. The quantitative estimate of drug-likeness (QED) is 0.807. The molecule has 2 rings (SSSR count). The minimum atomic E-state index is -0.0957. The number of rotatable bonds is 6. The summed E-state index contributed by atoms with van der Waals surface area (Å²) in [5.74, 6) is 0.992. The summed E-state index contributed by atoms with van der Waals surface area (Å²) in [5.41, 5.74) is 1.53. The van der Waals surface area contributed by atoms with Crippen LogP contribution in [0, 0.1) is 11.8 Å². The summed E-state index contributed by atoms with van der Waals surface area (Å²) in [7, 11) is 0. The molecule has 1 saturated carbocycles. The lowest BCUT2D eigenvalue weighted by Crippen LogP contribution is -2.27. The molecule has 2 amide bonds. The second kappa shape index (κ2) is 8.70. The first-order valence-electron chi connectivity index (χ1n) is 8.77. The van der Waals surface area contributed by atoms with Gasteiger partial charge >= 0.3 is 0 Å². The van der Waals surface area contributed by atoms with E-state index in [0.29, 0.717) is 0 Å². The smallest absolute Gasteiger partial charge is 0.227 e. The van der Waals surface area contributed by atoms with Crippen LogP contribution >= 0.6 is 0 Å². The van der Waals surface area contributed by atoms with Gasteiger partial charge in [-0.2, -0.15) is 0 Å². The summed E-state index contributed by atoms with van der Waals surface area (Å²) in [4.78, 5) is 23.4. The fraction of sp³-hybridized carbons (Fsp3) is 0.579. The number of carbonyl (C=O) groups excluding carboxylic acids is 2. The highest BCUT2D eigenvalue weighted by Crippen LogP contribution is 2.32. The van der Waals surface area contributed by atoms with Crippen molar-refractivity contribution in [2.45, 2.75) is 58.8 Å². The molecule has 0 aromatic heterocycles. The van der Waals surface area contributed by atoms with Crippen molar-refractivity contribution < 1.29 is 9.59 Å². The van der Waals surface area contributed by atoms with Crippen LogP contribution in [0.4, 0.5) is 11.4 Å². The Balaban J connectivity index is 1.79. The van der Waals surface area contributed by atoms with Gasteiger partial charge in [-0.25, -0.2) is 0 Å². The maximum atomic E-state index is 12.4. The van der Waals surface area contributed by atoms with Gasteiger partial charge in [0.25, 0.3) is 0 Å². The highest BCUT2D eigenvalue weighted by molar-refractivity contribution is 5.93. The Morgan fingerprint density at radius 2 is 1.57 bits per heavy atom. The molecular formula is C19H28N2O2. The van der Waals surface area contributed by atoms with Crippen LogP contribution in [0.2, 0.25) is 0 Å². The van der Waals surface area contributed by atoms with E-state index in [9.17, 15) is 9.59 Å². The highest BCUT2D eigenvalue weighted by Gasteiger charge is 2.25. The van der Waals surface area contributed by atoms with Gasteiger partial charge in [0.15, 0.2) is 0 Å². The number of hydrogen-bond donors (Lipinski definition) is 2. The van der Waals surface area contributed by atoms with Crippen molar-refractivity contribution in [2.24, 2.45) is 11.8 Å². The molecule has 23 heavy (non-hydrogen) atoms. The molecule has 2 N–H and O–H groups in total. The SMILES string of the molecule is CCCCC1CCC(C(=O)Nc2ccc(NC(C)=O)cc2)CC1. The number of benzene rings is 1. The molecule has 1 aliphatic carbocycles. The molecule has 0 unspecified atom stereocenters. The predicted octanol–water partition coefficient (Wildman–Crippen LogP) is 4.58. The van der Waals surface area contributed by atoms with Crippen molar-refractivity contribution in [2.75, 3.05) is 10.6 Å². The normalized spacial score (nSPS) is 20.8. The van der Waals surface area contributed by atoms with Gasteiger partial charge in [-0.05, 0) is 55.9 Å². The number of anilines is 2. The minimum Gasteiger partial charge on any atom is -0.326 e. The van der Waals surface area contributed by atoms with Crippen molar-refractivity contribution in [3.63, 3.8) is 0 Å². The van der Waals surface area contributed by atoms with Crippen LogP contribution in [0.1, 0.15) is 58.8 Å². The zero-order chi connectivity index (χ0) is 16.7. The Labute approximate surface area is 139 Å². The third-order valence-corrected chi connectivity index (χ3v) is 4.66. The van der Waals surface area contributed by atoms with Crippen LogP contribution in [0.3, 0.4) is 0 Å². The lowest BCUT2D eigenvalue weighted by Gasteiger charge is -2.27. The third-order valence-electron chi connectivity index (χ3n) is 4.66. The van der Waals surface area contributed by atoms with Gasteiger partial charge in [0, 0.05) is 24.2 Å². The number of hydrogen-bond acceptors (Lipinski definition) is 2. The molecule has 1 aromatic carbocycles. The number of unbranched alkanes of at least 4 members (excludes halogenated alkanes) is 1. The Hall–Kier alpha value is -1.84. The van der Waals surface area contributed by atoms with Crippen LogP contribution in [-0.4, -0.2) is 11.8 Å². The summed E-state index contributed by atoms with van der Waals surface area (Å²) < 4.78 is 0. The molecule has 0 heterocycles. The largest absolute Gasteiger partial charge is 0.326 e. The second-order valence-electron chi connectivity index (χ2n) is 6.61. The fourth-order valence-electron chi connectivity index (χ4n) is 3.29. The molecule has 0 aliphatic heterocycles. The van der Waals surface area contributed by atoms with E-state index in [1.165, 1.54) is 39.0 Å². The highest BCUT2D eigenvalue weighted by atomic mass is 16.2. The van der Waals surface area contributed by atoms with E-state index in [2.05, 4.69) is 17.6 Å². The third kappa shape index (κ3) is 5.70. The fourth-order valence-corrected chi connectivity index (χ4v) is 3.29. The monoisotopic (exact) mass is 316 g/mol. The van der Waals surface area contributed by atoms with Crippen LogP contribution in [0.25, 0.3) is 0 Å². The molecule has 1 aliphatic rings. The van der Waals surface area contributed by atoms with Gasteiger partial charge in [-0.15, -0.1) is 0 Å². The lowest BCUT2D eigenvalue weighted by atomic mass is 9.79. The molecule has 0 radical (unpaired) electrons. The van der Waals surface area contributed by atoms with Gasteiger partial charge in [-0.3, -0.25) is 9.59 Å². The van der Waals surface area contributed by atoms with E-state index in [1.54, 1.807) is 12.1 Å². The first-order chi connectivity index (χ1) is 11.1. The molecule has 4 nitrogen and oxygen atoms in total. The average molecular weight is 316 g/mol. The minimum absolute atomic E-state index is 0.0957. The Morgan fingerprint density at radius 1 is 1.00 bits per heavy atom. The zero-order valence-electron chi connectivity index (χ0n) is 14.2. The van der Waals surface area contributed by atoms with Crippen molar-refractivity contribution in [3.8, 4) is 0 Å². The first-order valence-corrected chi connectivity index (χ1v) is 8.77. The molecule has 0 bridgehead atoms. The maximum Gasteiger partial charge on any atom is 0.227 e. The van der Waals surface area contributed by atoms with Gasteiger partial charge in [-0.1, -0.05) is 26.2 Å². The van der Waals surface area contributed by atoms with Crippen LogP contribution in [0.5, 0.6) is 0 Å². The lowest BCUT2D eigenvalue weighted by molar-refractivity contribution is -0.121. The van der Waals surface area contributed by atoms with Gasteiger partial charge in [0.2, 0.25) is 11.8 Å². The number of nitrogens with one attached hydrogen (secondary N) is 2. The molecule has 4 heteroatoms. The number of amides is 2. The van der Waals surface area contributed by atoms with E-state index >= 15 is 0 Å². The van der Waals surface area contributed by atoms with Crippen molar-refractivity contribution in [1.29, 1.82) is 0 Å². The van der Waals surface area contributed by atoms with E-state index in [4.69, 9.17) is 0 Å². The molecule has 0 atom stereocenters. The van der Waals surface area contributed by atoms with E-state index in [1.807, 2.05) is 12.1 Å². The Morgan fingerprint density at radius 3 is 2.09 bits per heavy atom. The molecule has 1 aromatic rings. The molecule has 126 valence electrons. The summed E-state index contributed by atoms with van der Waals surface area (Å²) >= 11 is 0. The first kappa shape index (κ1) is 17.5. The van der Waals surface area contributed by atoms with E-state index in [-0.39, 0.29) is 17.7 Å². The summed E-state index contributed by atoms with van der Waals surface area (Å²) in [6, 6.07) is 7.27. The van der Waals surface area contributed by atoms with E-state index < -0.39 is 0 Å². The zero-order valence-corrected chi connectivity index (χ0v) is 14.2. The predicted molar refractivity (Wildman–Crippen MR) is 94.3 cm³/mol. The summed E-state index contributed by atoms with van der Waals surface area (Å²) in [6.45, 7) is 3.71. The van der Waals surface area contributed by atoms with Crippen molar-refractivity contribution in [1.82, 2.24) is 0 Å². The van der Waals surface area contributed by atoms with Crippen LogP contribution in [-0.2, 0) is 9.59 Å². The average Bonchev–Trinajstić information content (AvgIpc) is 2.54. The second-order valence-corrected chi connectivity index (χ2v) is 6.61. The van der Waals surface area contributed by atoms with Crippen molar-refractivity contribution >= 4 is 23.2 Å². The molecular weight excluding hydrogens is 288 g/mol. The van der Waals surface area contributed by atoms with Crippen LogP contribution in [0.15, 0.2) is 24.3 Å². The number of carbonyl (C=O) groups is 2. The molecule has 1 fully saturated rings. The van der Waals surface area contributed by atoms with Crippen LogP contribution < -0.4 is 10.6 Å². The van der Waals surface area contributed by atoms with Gasteiger partial charge in [0.1, 0.15) is 0 Å². The van der Waals surface area contributed by atoms with Crippen molar-refractivity contribution in [3.05, 3.63) is 24.3 Å².